The number of hydrogen-bond acceptors (Lipinski definition) is 0. The summed E-state index contributed by atoms with van der Waals surface area (Å²) in [7, 11) is 3.12. The molecule has 0 aromatic heterocycles. The first-order valence-electron chi connectivity index (χ1n) is 9.34. The molecule has 0 amide bonds. The van der Waals surface area contributed by atoms with Gasteiger partial charge in [0.1, 0.15) is 0 Å². The second-order valence-electron chi connectivity index (χ2n) is 6.78. The van der Waals surface area contributed by atoms with Crippen molar-refractivity contribution in [2.45, 2.75) is 11.6 Å². The molecule has 0 nitrogen and oxygen atoms in total. The van der Waals surface area contributed by atoms with Gasteiger partial charge in [-0.1, -0.05) is 115 Å². The van der Waals surface area contributed by atoms with Crippen molar-refractivity contribution in [1.29, 1.82) is 0 Å². The summed E-state index contributed by atoms with van der Waals surface area (Å²) < 4.78 is 0. The van der Waals surface area contributed by atoms with E-state index in [1.54, 1.807) is 0 Å². The Hall–Kier alpha value is -2.69. The topological polar surface area (TPSA) is 0 Å². The van der Waals surface area contributed by atoms with E-state index < -0.39 is 0 Å². The SMILES string of the molecule is PC(c1ccccc1-c1ccccc1)C(c1ccccc1)c1ccccc1. The Labute approximate surface area is 164 Å². The molecule has 0 fully saturated rings. The Bertz CT molecular complexity index is 939. The molecule has 1 heteroatoms. The van der Waals surface area contributed by atoms with Crippen molar-refractivity contribution in [3.8, 4) is 11.1 Å². The van der Waals surface area contributed by atoms with Crippen LogP contribution in [0.3, 0.4) is 0 Å². The minimum absolute atomic E-state index is 0.270. The first-order valence-corrected chi connectivity index (χ1v) is 10.0. The summed E-state index contributed by atoms with van der Waals surface area (Å²) >= 11 is 0. The fourth-order valence-corrected chi connectivity index (χ4v) is 4.51. The van der Waals surface area contributed by atoms with Gasteiger partial charge in [-0.3, -0.25) is 0 Å². The van der Waals surface area contributed by atoms with E-state index in [2.05, 4.69) is 125 Å². The summed E-state index contributed by atoms with van der Waals surface area (Å²) in [4.78, 5) is 0. The van der Waals surface area contributed by atoms with E-state index in [-0.39, 0.29) is 11.6 Å². The van der Waals surface area contributed by atoms with Gasteiger partial charge in [0.2, 0.25) is 0 Å². The van der Waals surface area contributed by atoms with Crippen LogP contribution in [0.2, 0.25) is 0 Å². The van der Waals surface area contributed by atoms with Crippen LogP contribution in [0.4, 0.5) is 0 Å². The van der Waals surface area contributed by atoms with Crippen molar-refractivity contribution in [3.63, 3.8) is 0 Å². The zero-order valence-corrected chi connectivity index (χ0v) is 16.4. The highest BCUT2D eigenvalue weighted by molar-refractivity contribution is 7.17. The van der Waals surface area contributed by atoms with Crippen LogP contribution in [-0.4, -0.2) is 0 Å². The maximum Gasteiger partial charge on any atom is 0.0193 e. The van der Waals surface area contributed by atoms with Crippen LogP contribution in [0, 0.1) is 0 Å². The molecule has 27 heavy (non-hydrogen) atoms. The Morgan fingerprint density at radius 3 is 1.48 bits per heavy atom. The summed E-state index contributed by atoms with van der Waals surface area (Å²) in [5.41, 5.74) is 6.87. The second-order valence-corrected chi connectivity index (χ2v) is 7.50. The van der Waals surface area contributed by atoms with Gasteiger partial charge < -0.3 is 0 Å². The standard InChI is InChI=1S/C26H23P/c27-26(24-19-11-10-18-23(24)20-12-4-1-5-13-20)25(21-14-6-2-7-15-21)22-16-8-3-9-17-22/h1-19,25-26H,27H2. The third-order valence-electron chi connectivity index (χ3n) is 5.08. The molecule has 0 bridgehead atoms. The number of hydrogen-bond donors (Lipinski definition) is 0. The molecule has 4 aromatic carbocycles. The lowest BCUT2D eigenvalue weighted by molar-refractivity contribution is 0.787. The monoisotopic (exact) mass is 366 g/mol. The fourth-order valence-electron chi connectivity index (χ4n) is 3.78. The molecule has 0 spiro atoms. The van der Waals surface area contributed by atoms with Crippen molar-refractivity contribution in [2.24, 2.45) is 0 Å². The zero-order valence-electron chi connectivity index (χ0n) is 15.2. The van der Waals surface area contributed by atoms with Crippen molar-refractivity contribution in [3.05, 3.63) is 132 Å². The molecule has 0 saturated heterocycles. The van der Waals surface area contributed by atoms with Crippen LogP contribution < -0.4 is 0 Å². The maximum atomic E-state index is 3.12. The van der Waals surface area contributed by atoms with E-state index in [0.717, 1.165) is 0 Å². The van der Waals surface area contributed by atoms with Gasteiger partial charge in [-0.2, -0.15) is 0 Å². The smallest absolute Gasteiger partial charge is 0.0193 e. The minimum atomic E-state index is 0.270. The summed E-state index contributed by atoms with van der Waals surface area (Å²) in [6.45, 7) is 0. The van der Waals surface area contributed by atoms with Gasteiger partial charge in [0, 0.05) is 11.6 Å². The normalized spacial score (nSPS) is 12.1. The van der Waals surface area contributed by atoms with E-state index in [0.29, 0.717) is 0 Å². The zero-order chi connectivity index (χ0) is 18.5. The summed E-state index contributed by atoms with van der Waals surface area (Å²) in [5, 5.41) is 0. The molecule has 0 heterocycles. The maximum absolute atomic E-state index is 3.12. The Kier molecular flexibility index (Phi) is 5.47. The Balaban J connectivity index is 1.83. The molecule has 2 atom stereocenters. The predicted molar refractivity (Wildman–Crippen MR) is 119 cm³/mol. The molecule has 132 valence electrons. The number of rotatable bonds is 5. The van der Waals surface area contributed by atoms with E-state index in [1.165, 1.54) is 27.8 Å². The molecule has 2 unspecified atom stereocenters. The summed E-state index contributed by atoms with van der Waals surface area (Å²) in [6.07, 6.45) is 0. The largest absolute Gasteiger partial charge is 0.129 e. The molecule has 4 rings (SSSR count). The van der Waals surface area contributed by atoms with Crippen LogP contribution >= 0.6 is 9.24 Å². The van der Waals surface area contributed by atoms with E-state index in [4.69, 9.17) is 0 Å². The van der Waals surface area contributed by atoms with Gasteiger partial charge in [-0.25, -0.2) is 0 Å². The van der Waals surface area contributed by atoms with Crippen LogP contribution in [0.1, 0.15) is 28.3 Å². The van der Waals surface area contributed by atoms with Gasteiger partial charge in [-0.05, 0) is 27.8 Å². The van der Waals surface area contributed by atoms with E-state index >= 15 is 0 Å². The average Bonchev–Trinajstić information content (AvgIpc) is 2.76. The molecular weight excluding hydrogens is 343 g/mol. The highest BCUT2D eigenvalue weighted by Gasteiger charge is 2.24. The van der Waals surface area contributed by atoms with Gasteiger partial charge in [0.05, 0.1) is 0 Å². The number of benzene rings is 4. The molecule has 0 radical (unpaired) electrons. The Morgan fingerprint density at radius 2 is 0.926 bits per heavy atom. The van der Waals surface area contributed by atoms with Crippen LogP contribution in [0.5, 0.6) is 0 Å². The average molecular weight is 366 g/mol. The first kappa shape index (κ1) is 17.7. The Morgan fingerprint density at radius 1 is 0.481 bits per heavy atom. The van der Waals surface area contributed by atoms with Gasteiger partial charge in [-0.15, -0.1) is 9.24 Å². The van der Waals surface area contributed by atoms with Crippen molar-refractivity contribution < 1.29 is 0 Å². The van der Waals surface area contributed by atoms with Crippen molar-refractivity contribution in [1.82, 2.24) is 0 Å². The van der Waals surface area contributed by atoms with Crippen LogP contribution in [0.15, 0.2) is 115 Å². The molecule has 0 N–H and O–H groups in total. The second kappa shape index (κ2) is 8.33. The minimum Gasteiger partial charge on any atom is -0.129 e. The van der Waals surface area contributed by atoms with Gasteiger partial charge >= 0.3 is 0 Å². The predicted octanol–water partition coefficient (Wildman–Crippen LogP) is 7.10. The molecule has 0 aliphatic rings. The highest BCUT2D eigenvalue weighted by Crippen LogP contribution is 2.45. The molecule has 0 aliphatic carbocycles. The summed E-state index contributed by atoms with van der Waals surface area (Å²) in [6, 6.07) is 41.1. The van der Waals surface area contributed by atoms with Gasteiger partial charge in [0.25, 0.3) is 0 Å². The van der Waals surface area contributed by atoms with Gasteiger partial charge in [0.15, 0.2) is 0 Å². The lowest BCUT2D eigenvalue weighted by Crippen LogP contribution is -2.09. The highest BCUT2D eigenvalue weighted by atomic mass is 31.0. The van der Waals surface area contributed by atoms with Crippen LogP contribution in [-0.2, 0) is 0 Å². The summed E-state index contributed by atoms with van der Waals surface area (Å²) in [5.74, 6) is 0.280. The first-order chi connectivity index (χ1) is 13.3. The lowest BCUT2D eigenvalue weighted by atomic mass is 9.83. The van der Waals surface area contributed by atoms with Crippen LogP contribution in [0.25, 0.3) is 11.1 Å². The molecule has 4 aromatic rings. The molecular formula is C26H23P. The molecule has 0 saturated carbocycles. The third-order valence-corrected chi connectivity index (χ3v) is 5.83. The third kappa shape index (κ3) is 3.87. The quantitative estimate of drug-likeness (QED) is 0.330. The molecule has 0 aliphatic heterocycles. The van der Waals surface area contributed by atoms with Crippen molar-refractivity contribution in [2.75, 3.05) is 0 Å². The van der Waals surface area contributed by atoms with E-state index in [9.17, 15) is 0 Å². The van der Waals surface area contributed by atoms with E-state index in [1.807, 2.05) is 0 Å². The fraction of sp³-hybridized carbons (Fsp3) is 0.0769. The lowest BCUT2D eigenvalue weighted by Gasteiger charge is -2.27. The van der Waals surface area contributed by atoms with Crippen molar-refractivity contribution >= 4 is 9.24 Å².